The van der Waals surface area contributed by atoms with Gasteiger partial charge in [0.1, 0.15) is 10.8 Å². The van der Waals surface area contributed by atoms with Gasteiger partial charge in [0.2, 0.25) is 0 Å². The van der Waals surface area contributed by atoms with Crippen LogP contribution in [0.1, 0.15) is 19.4 Å². The molecular formula is C10H13FN2S. The van der Waals surface area contributed by atoms with Crippen LogP contribution >= 0.6 is 12.2 Å². The summed E-state index contributed by atoms with van der Waals surface area (Å²) in [5.74, 6) is -0.331. The fraction of sp³-hybridized carbons (Fsp3) is 0.300. The molecule has 1 aromatic carbocycles. The Balaban J connectivity index is 3.08. The van der Waals surface area contributed by atoms with Crippen molar-refractivity contribution in [3.8, 4) is 0 Å². The van der Waals surface area contributed by atoms with E-state index in [2.05, 4.69) is 5.32 Å². The molecule has 0 saturated heterocycles. The van der Waals surface area contributed by atoms with Gasteiger partial charge < -0.3 is 11.1 Å². The third kappa shape index (κ3) is 2.67. The van der Waals surface area contributed by atoms with Gasteiger partial charge in [-0.3, -0.25) is 0 Å². The van der Waals surface area contributed by atoms with Crippen LogP contribution in [-0.4, -0.2) is 11.0 Å². The van der Waals surface area contributed by atoms with E-state index in [0.29, 0.717) is 5.56 Å². The topological polar surface area (TPSA) is 38.0 Å². The summed E-state index contributed by atoms with van der Waals surface area (Å²) in [5.41, 5.74) is 6.81. The van der Waals surface area contributed by atoms with Gasteiger partial charge in [-0.15, -0.1) is 0 Å². The molecule has 0 spiro atoms. The molecule has 0 heterocycles. The molecule has 1 rings (SSSR count). The second kappa shape index (κ2) is 4.37. The summed E-state index contributed by atoms with van der Waals surface area (Å²) in [6.07, 6.45) is 0. The van der Waals surface area contributed by atoms with E-state index in [-0.39, 0.29) is 16.8 Å². The maximum atomic E-state index is 12.9. The standard InChI is InChI=1S/C10H13FN2S/c1-6(2)13-9-4-3-7(11)5-8(9)10(12)14/h3-6,13H,1-2H3,(H2,12,14). The summed E-state index contributed by atoms with van der Waals surface area (Å²) in [7, 11) is 0. The molecule has 14 heavy (non-hydrogen) atoms. The Kier molecular flexibility index (Phi) is 3.41. The van der Waals surface area contributed by atoms with E-state index in [9.17, 15) is 4.39 Å². The Morgan fingerprint density at radius 3 is 2.64 bits per heavy atom. The first kappa shape index (κ1) is 10.9. The predicted molar refractivity (Wildman–Crippen MR) is 61.0 cm³/mol. The maximum Gasteiger partial charge on any atom is 0.124 e. The smallest absolute Gasteiger partial charge is 0.124 e. The lowest BCUT2D eigenvalue weighted by Gasteiger charge is -2.13. The van der Waals surface area contributed by atoms with Gasteiger partial charge in [-0.05, 0) is 32.0 Å². The average molecular weight is 212 g/mol. The van der Waals surface area contributed by atoms with Gasteiger partial charge in [0.15, 0.2) is 0 Å². The zero-order valence-corrected chi connectivity index (χ0v) is 8.99. The molecule has 0 aliphatic rings. The van der Waals surface area contributed by atoms with Gasteiger partial charge in [-0.25, -0.2) is 4.39 Å². The fourth-order valence-electron chi connectivity index (χ4n) is 1.16. The molecule has 0 amide bonds. The first-order valence-corrected chi connectivity index (χ1v) is 4.77. The molecule has 0 saturated carbocycles. The van der Waals surface area contributed by atoms with E-state index in [1.165, 1.54) is 12.1 Å². The van der Waals surface area contributed by atoms with E-state index < -0.39 is 0 Å². The molecule has 0 unspecified atom stereocenters. The van der Waals surface area contributed by atoms with Crippen LogP contribution in [0.3, 0.4) is 0 Å². The molecule has 0 atom stereocenters. The van der Waals surface area contributed by atoms with Crippen LogP contribution in [0.4, 0.5) is 10.1 Å². The zero-order chi connectivity index (χ0) is 10.7. The van der Waals surface area contributed by atoms with Crippen molar-refractivity contribution in [2.45, 2.75) is 19.9 Å². The van der Waals surface area contributed by atoms with Crippen molar-refractivity contribution >= 4 is 22.9 Å². The lowest BCUT2D eigenvalue weighted by atomic mass is 10.1. The molecule has 2 nitrogen and oxygen atoms in total. The summed E-state index contributed by atoms with van der Waals surface area (Å²) in [6.45, 7) is 3.99. The highest BCUT2D eigenvalue weighted by Gasteiger charge is 2.07. The highest BCUT2D eigenvalue weighted by Crippen LogP contribution is 2.17. The van der Waals surface area contributed by atoms with Crippen LogP contribution in [0, 0.1) is 5.82 Å². The number of hydrogen-bond donors (Lipinski definition) is 2. The minimum Gasteiger partial charge on any atom is -0.389 e. The number of nitrogens with one attached hydrogen (secondary N) is 1. The predicted octanol–water partition coefficient (Wildman–Crippen LogP) is 2.28. The minimum absolute atomic E-state index is 0.202. The number of rotatable bonds is 3. The van der Waals surface area contributed by atoms with Gasteiger partial charge in [-0.1, -0.05) is 12.2 Å². The lowest BCUT2D eigenvalue weighted by molar-refractivity contribution is 0.627. The SMILES string of the molecule is CC(C)Nc1ccc(F)cc1C(N)=S. The molecule has 0 bridgehead atoms. The molecule has 3 N–H and O–H groups in total. The molecule has 0 aliphatic heterocycles. The Hall–Kier alpha value is -1.16. The largest absolute Gasteiger partial charge is 0.389 e. The normalized spacial score (nSPS) is 10.3. The molecule has 0 radical (unpaired) electrons. The quantitative estimate of drug-likeness (QED) is 0.755. The zero-order valence-electron chi connectivity index (χ0n) is 8.17. The number of halogens is 1. The van der Waals surface area contributed by atoms with Crippen LogP contribution in [0.15, 0.2) is 18.2 Å². The van der Waals surface area contributed by atoms with Crippen molar-refractivity contribution < 1.29 is 4.39 Å². The summed E-state index contributed by atoms with van der Waals surface area (Å²) >= 11 is 4.83. The van der Waals surface area contributed by atoms with Crippen LogP contribution in [0.25, 0.3) is 0 Å². The van der Waals surface area contributed by atoms with Crippen LogP contribution in [0.2, 0.25) is 0 Å². The molecule has 0 aromatic heterocycles. The fourth-order valence-corrected chi connectivity index (χ4v) is 1.33. The highest BCUT2D eigenvalue weighted by atomic mass is 32.1. The van der Waals surface area contributed by atoms with Crippen molar-refractivity contribution in [1.29, 1.82) is 0 Å². The number of nitrogens with two attached hydrogens (primary N) is 1. The summed E-state index contributed by atoms with van der Waals surface area (Å²) in [4.78, 5) is 0.202. The number of hydrogen-bond acceptors (Lipinski definition) is 2. The summed E-state index contributed by atoms with van der Waals surface area (Å²) in [6, 6.07) is 4.62. The van der Waals surface area contributed by atoms with E-state index in [1.54, 1.807) is 6.07 Å². The number of benzene rings is 1. The Labute approximate surface area is 88.3 Å². The van der Waals surface area contributed by atoms with Gasteiger partial charge in [0, 0.05) is 17.3 Å². The average Bonchev–Trinajstić information content (AvgIpc) is 2.07. The van der Waals surface area contributed by atoms with E-state index in [1.807, 2.05) is 13.8 Å². The van der Waals surface area contributed by atoms with E-state index in [0.717, 1.165) is 5.69 Å². The van der Waals surface area contributed by atoms with Crippen molar-refractivity contribution in [3.63, 3.8) is 0 Å². The number of thiocarbonyl (C=S) groups is 1. The molecule has 4 heteroatoms. The van der Waals surface area contributed by atoms with E-state index >= 15 is 0 Å². The van der Waals surface area contributed by atoms with Crippen molar-refractivity contribution in [1.82, 2.24) is 0 Å². The Morgan fingerprint density at radius 1 is 1.50 bits per heavy atom. The van der Waals surface area contributed by atoms with Crippen molar-refractivity contribution in [2.75, 3.05) is 5.32 Å². The molecule has 1 aromatic rings. The Bertz CT molecular complexity index is 350. The Morgan fingerprint density at radius 2 is 2.14 bits per heavy atom. The monoisotopic (exact) mass is 212 g/mol. The first-order valence-electron chi connectivity index (χ1n) is 4.36. The second-order valence-electron chi connectivity index (χ2n) is 3.35. The van der Waals surface area contributed by atoms with Gasteiger partial charge in [0.25, 0.3) is 0 Å². The van der Waals surface area contributed by atoms with Gasteiger partial charge in [-0.2, -0.15) is 0 Å². The van der Waals surface area contributed by atoms with Crippen LogP contribution in [0.5, 0.6) is 0 Å². The van der Waals surface area contributed by atoms with Crippen molar-refractivity contribution in [3.05, 3.63) is 29.6 Å². The minimum atomic E-state index is -0.331. The van der Waals surface area contributed by atoms with Gasteiger partial charge >= 0.3 is 0 Å². The molecule has 0 fully saturated rings. The third-order valence-electron chi connectivity index (χ3n) is 1.69. The summed E-state index contributed by atoms with van der Waals surface area (Å²) < 4.78 is 12.9. The first-order chi connectivity index (χ1) is 6.50. The summed E-state index contributed by atoms with van der Waals surface area (Å²) in [5, 5.41) is 3.15. The molecular weight excluding hydrogens is 199 g/mol. The van der Waals surface area contributed by atoms with Crippen LogP contribution < -0.4 is 11.1 Å². The number of anilines is 1. The molecule has 76 valence electrons. The van der Waals surface area contributed by atoms with E-state index in [4.69, 9.17) is 18.0 Å². The molecule has 0 aliphatic carbocycles. The van der Waals surface area contributed by atoms with Crippen molar-refractivity contribution in [2.24, 2.45) is 5.73 Å². The van der Waals surface area contributed by atoms with Gasteiger partial charge in [0.05, 0.1) is 0 Å². The maximum absolute atomic E-state index is 12.9. The highest BCUT2D eigenvalue weighted by molar-refractivity contribution is 7.80. The second-order valence-corrected chi connectivity index (χ2v) is 3.79. The third-order valence-corrected chi connectivity index (χ3v) is 1.91. The van der Waals surface area contributed by atoms with Crippen LogP contribution in [-0.2, 0) is 0 Å². The lowest BCUT2D eigenvalue weighted by Crippen LogP contribution is -2.17.